The van der Waals surface area contributed by atoms with Crippen molar-refractivity contribution in [3.63, 3.8) is 0 Å². The van der Waals surface area contributed by atoms with Crippen molar-refractivity contribution in [2.75, 3.05) is 46.3 Å². The molecule has 36 heavy (non-hydrogen) atoms. The molecule has 2 aliphatic heterocycles. The number of fused-ring (bicyclic) bond motifs is 1. The number of nitrogens with one attached hydrogen (secondary N) is 1. The van der Waals surface area contributed by atoms with Crippen molar-refractivity contribution >= 4 is 17.5 Å². The molecule has 1 N–H and O–H groups in total. The van der Waals surface area contributed by atoms with Crippen LogP contribution in [0.3, 0.4) is 0 Å². The lowest BCUT2D eigenvalue weighted by Gasteiger charge is -2.32. The Labute approximate surface area is 213 Å². The van der Waals surface area contributed by atoms with E-state index in [1.807, 2.05) is 54.1 Å². The van der Waals surface area contributed by atoms with Crippen LogP contribution in [0.25, 0.3) is 16.7 Å². The highest BCUT2D eigenvalue weighted by molar-refractivity contribution is 5.96. The number of benzene rings is 1. The molecule has 2 aromatic rings. The minimum absolute atomic E-state index is 0.00365. The number of carbonyl (C=O) groups excluding carboxylic acids is 2. The van der Waals surface area contributed by atoms with Crippen LogP contribution in [0.1, 0.15) is 41.9 Å². The Bertz CT molecular complexity index is 1220. The van der Waals surface area contributed by atoms with Gasteiger partial charge in [0.2, 0.25) is 0 Å². The van der Waals surface area contributed by atoms with Crippen molar-refractivity contribution in [2.45, 2.75) is 32.7 Å². The molecule has 1 aromatic heterocycles. The van der Waals surface area contributed by atoms with Gasteiger partial charge in [0.25, 0.3) is 5.91 Å². The molecular formula is C29H35N5O2. The van der Waals surface area contributed by atoms with Crippen LogP contribution in [-0.4, -0.2) is 84.0 Å². The number of amides is 3. The number of urea groups is 1. The largest absolute Gasteiger partial charge is 0.336 e. The van der Waals surface area contributed by atoms with E-state index in [2.05, 4.69) is 35.5 Å². The van der Waals surface area contributed by atoms with E-state index in [-0.39, 0.29) is 18.0 Å². The molecule has 0 saturated carbocycles. The van der Waals surface area contributed by atoms with Gasteiger partial charge in [0.15, 0.2) is 0 Å². The molecule has 3 amide bonds. The van der Waals surface area contributed by atoms with Gasteiger partial charge >= 0.3 is 6.03 Å². The first kappa shape index (κ1) is 24.3. The third-order valence-electron chi connectivity index (χ3n) is 7.25. The normalized spacial score (nSPS) is 18.1. The number of rotatable bonds is 4. The fourth-order valence-electron chi connectivity index (χ4n) is 5.12. The summed E-state index contributed by atoms with van der Waals surface area (Å²) in [6.45, 7) is 8.62. The van der Waals surface area contributed by atoms with Gasteiger partial charge in [0.1, 0.15) is 0 Å². The predicted octanol–water partition coefficient (Wildman–Crippen LogP) is 3.83. The summed E-state index contributed by atoms with van der Waals surface area (Å²) < 4.78 is 0. The fourth-order valence-corrected chi connectivity index (χ4v) is 5.12. The molecule has 7 nitrogen and oxygen atoms in total. The van der Waals surface area contributed by atoms with E-state index in [0.717, 1.165) is 67.0 Å². The van der Waals surface area contributed by atoms with E-state index in [1.54, 1.807) is 0 Å². The highest BCUT2D eigenvalue weighted by Crippen LogP contribution is 2.36. The Hall–Kier alpha value is -3.45. The van der Waals surface area contributed by atoms with Gasteiger partial charge in [-0.05, 0) is 62.2 Å². The molecule has 0 unspecified atom stereocenters. The highest BCUT2D eigenvalue weighted by atomic mass is 16.2. The standard InChI is InChI=1S/C29H35N5O2/c1-20(2)31-29(36)34-11-9-21(10-12-34)25-7-8-27-26(25)18-24(19-30-27)22-5-4-6-23(17-22)28(35)33-15-13-32(3)14-16-33/h4-7,9,17-20H,8,10-16H2,1-3H3,(H,31,36). The summed E-state index contributed by atoms with van der Waals surface area (Å²) in [6, 6.07) is 10.2. The fraction of sp³-hybridized carbons (Fsp3) is 0.414. The molecule has 1 aromatic carbocycles. The Morgan fingerprint density at radius 2 is 1.78 bits per heavy atom. The second-order valence-corrected chi connectivity index (χ2v) is 10.2. The summed E-state index contributed by atoms with van der Waals surface area (Å²) in [4.78, 5) is 36.3. The average molecular weight is 486 g/mol. The van der Waals surface area contributed by atoms with E-state index in [0.29, 0.717) is 13.1 Å². The van der Waals surface area contributed by atoms with Crippen LogP contribution in [-0.2, 0) is 6.42 Å². The zero-order valence-electron chi connectivity index (χ0n) is 21.5. The topological polar surface area (TPSA) is 68.8 Å². The summed E-state index contributed by atoms with van der Waals surface area (Å²) in [5.41, 5.74) is 7.50. The third-order valence-corrected chi connectivity index (χ3v) is 7.25. The first-order valence-corrected chi connectivity index (χ1v) is 12.9. The number of nitrogens with zero attached hydrogens (tertiary/aromatic N) is 4. The molecule has 0 atom stereocenters. The number of piperazine rings is 1. The van der Waals surface area contributed by atoms with Crippen molar-refractivity contribution in [1.82, 2.24) is 25.0 Å². The predicted molar refractivity (Wildman–Crippen MR) is 143 cm³/mol. The lowest BCUT2D eigenvalue weighted by molar-refractivity contribution is 0.0664. The minimum Gasteiger partial charge on any atom is -0.336 e. The molecule has 1 aliphatic carbocycles. The van der Waals surface area contributed by atoms with E-state index in [9.17, 15) is 9.59 Å². The van der Waals surface area contributed by atoms with Crippen molar-refractivity contribution in [3.05, 3.63) is 71.1 Å². The smallest absolute Gasteiger partial charge is 0.317 e. The van der Waals surface area contributed by atoms with Crippen LogP contribution in [0.4, 0.5) is 4.79 Å². The van der Waals surface area contributed by atoms with Gasteiger partial charge in [-0.15, -0.1) is 0 Å². The van der Waals surface area contributed by atoms with E-state index in [1.165, 1.54) is 11.1 Å². The molecule has 1 saturated heterocycles. The maximum atomic E-state index is 13.1. The molecule has 5 rings (SSSR count). The van der Waals surface area contributed by atoms with Gasteiger partial charge in [-0.25, -0.2) is 4.79 Å². The molecule has 0 spiro atoms. The van der Waals surface area contributed by atoms with Gasteiger partial charge in [-0.2, -0.15) is 0 Å². The van der Waals surface area contributed by atoms with Crippen LogP contribution in [0.15, 0.2) is 54.3 Å². The molecule has 3 aliphatic rings. The molecular weight excluding hydrogens is 450 g/mol. The maximum absolute atomic E-state index is 13.1. The van der Waals surface area contributed by atoms with E-state index < -0.39 is 0 Å². The second kappa shape index (κ2) is 10.3. The van der Waals surface area contributed by atoms with Gasteiger partial charge in [-0.1, -0.05) is 24.3 Å². The number of allylic oxidation sites excluding steroid dienone is 2. The van der Waals surface area contributed by atoms with E-state index in [4.69, 9.17) is 4.98 Å². The van der Waals surface area contributed by atoms with Crippen molar-refractivity contribution in [3.8, 4) is 11.1 Å². The zero-order valence-corrected chi connectivity index (χ0v) is 21.5. The molecule has 0 bridgehead atoms. The summed E-state index contributed by atoms with van der Waals surface area (Å²) in [7, 11) is 2.09. The number of carbonyl (C=O) groups is 2. The zero-order chi connectivity index (χ0) is 25.2. The molecule has 0 radical (unpaired) electrons. The lowest BCUT2D eigenvalue weighted by atomic mass is 9.94. The van der Waals surface area contributed by atoms with Crippen molar-refractivity contribution in [1.29, 1.82) is 0 Å². The lowest BCUT2D eigenvalue weighted by Crippen LogP contribution is -2.47. The first-order chi connectivity index (χ1) is 17.4. The van der Waals surface area contributed by atoms with Crippen LogP contribution >= 0.6 is 0 Å². The number of likely N-dealkylation sites (N-methyl/N-ethyl adjacent to an activating group) is 1. The average Bonchev–Trinajstić information content (AvgIpc) is 3.32. The monoisotopic (exact) mass is 485 g/mol. The van der Waals surface area contributed by atoms with Gasteiger partial charge in [0.05, 0.1) is 5.69 Å². The molecule has 1 fully saturated rings. The number of hydrogen-bond donors (Lipinski definition) is 1. The highest BCUT2D eigenvalue weighted by Gasteiger charge is 2.25. The minimum atomic E-state index is -0.00365. The first-order valence-electron chi connectivity index (χ1n) is 12.9. The number of hydrogen-bond acceptors (Lipinski definition) is 4. The Morgan fingerprint density at radius 1 is 0.972 bits per heavy atom. The second-order valence-electron chi connectivity index (χ2n) is 10.2. The van der Waals surface area contributed by atoms with Crippen molar-refractivity contribution < 1.29 is 9.59 Å². The third kappa shape index (κ3) is 5.07. The molecule has 188 valence electrons. The van der Waals surface area contributed by atoms with Gasteiger partial charge in [0, 0.05) is 74.6 Å². The number of aromatic nitrogens is 1. The van der Waals surface area contributed by atoms with Crippen molar-refractivity contribution in [2.24, 2.45) is 0 Å². The Kier molecular flexibility index (Phi) is 6.92. The van der Waals surface area contributed by atoms with E-state index >= 15 is 0 Å². The van der Waals surface area contributed by atoms with Gasteiger partial charge in [-0.3, -0.25) is 9.78 Å². The van der Waals surface area contributed by atoms with Crippen LogP contribution in [0, 0.1) is 0 Å². The molecule has 7 heteroatoms. The quantitative estimate of drug-likeness (QED) is 0.715. The Morgan fingerprint density at radius 3 is 2.50 bits per heavy atom. The SMILES string of the molecule is CC(C)NC(=O)N1CC=C(C2=CCc3ncc(-c4cccc(C(=O)N5CCN(C)CC5)c4)cc32)CC1. The molecule has 3 heterocycles. The maximum Gasteiger partial charge on any atom is 0.317 e. The Balaban J connectivity index is 1.33. The number of pyridine rings is 1. The van der Waals surface area contributed by atoms with Crippen LogP contribution in [0.5, 0.6) is 0 Å². The van der Waals surface area contributed by atoms with Crippen LogP contribution < -0.4 is 5.32 Å². The summed E-state index contributed by atoms with van der Waals surface area (Å²) in [6.07, 6.45) is 8.00. The van der Waals surface area contributed by atoms with Gasteiger partial charge < -0.3 is 20.0 Å². The van der Waals surface area contributed by atoms with Crippen LogP contribution in [0.2, 0.25) is 0 Å². The summed E-state index contributed by atoms with van der Waals surface area (Å²) in [5, 5.41) is 2.98. The summed E-state index contributed by atoms with van der Waals surface area (Å²) in [5.74, 6) is 0.0954. The summed E-state index contributed by atoms with van der Waals surface area (Å²) >= 11 is 0.